The zero-order chi connectivity index (χ0) is 25.4. The second kappa shape index (κ2) is 9.36. The Morgan fingerprint density at radius 2 is 1.86 bits per heavy atom. The van der Waals surface area contributed by atoms with Crippen LogP contribution >= 0.6 is 22.9 Å². The Hall–Kier alpha value is -3.35. The number of alkyl halides is 3. The van der Waals surface area contributed by atoms with E-state index in [1.807, 2.05) is 0 Å². The summed E-state index contributed by atoms with van der Waals surface area (Å²) in [5.74, 6) is -0.0922. The second-order valence-electron chi connectivity index (χ2n) is 7.13. The predicted molar refractivity (Wildman–Crippen MR) is 128 cm³/mol. The van der Waals surface area contributed by atoms with E-state index in [4.69, 9.17) is 16.3 Å². The summed E-state index contributed by atoms with van der Waals surface area (Å²) >= 11 is 7.30. The van der Waals surface area contributed by atoms with Crippen molar-refractivity contribution in [3.63, 3.8) is 0 Å². The molecule has 0 aliphatic carbocycles. The third-order valence-corrected chi connectivity index (χ3v) is 7.39. The first-order valence-electron chi connectivity index (χ1n) is 9.72. The van der Waals surface area contributed by atoms with Gasteiger partial charge < -0.3 is 4.74 Å². The Kier molecular flexibility index (Phi) is 6.62. The molecule has 0 saturated carbocycles. The van der Waals surface area contributed by atoms with Gasteiger partial charge in [-0.2, -0.15) is 13.2 Å². The van der Waals surface area contributed by atoms with Gasteiger partial charge >= 0.3 is 6.18 Å². The number of nitrogens with zero attached hydrogens (tertiary/aromatic N) is 1. The van der Waals surface area contributed by atoms with Crippen molar-refractivity contribution in [2.45, 2.75) is 11.1 Å². The molecule has 1 heterocycles. The second-order valence-corrected chi connectivity index (χ2v) is 10.3. The van der Waals surface area contributed by atoms with Crippen LogP contribution < -0.4 is 14.8 Å². The molecular formula is C22H15ClF3N3O4S2. The zero-order valence-electron chi connectivity index (χ0n) is 17.7. The number of aromatic nitrogens is 1. The molecule has 0 radical (unpaired) electrons. The number of thiazole rings is 1. The fourth-order valence-corrected chi connectivity index (χ4v) is 5.24. The lowest BCUT2D eigenvalue weighted by Gasteiger charge is -2.12. The van der Waals surface area contributed by atoms with E-state index < -0.39 is 27.7 Å². The van der Waals surface area contributed by atoms with Crippen LogP contribution in [0.15, 0.2) is 65.6 Å². The van der Waals surface area contributed by atoms with Gasteiger partial charge in [0, 0.05) is 5.69 Å². The minimum Gasteiger partial charge on any atom is -0.497 e. The van der Waals surface area contributed by atoms with Gasteiger partial charge in [0.15, 0.2) is 5.13 Å². The first-order valence-corrected chi connectivity index (χ1v) is 12.4. The van der Waals surface area contributed by atoms with Gasteiger partial charge in [-0.25, -0.2) is 13.4 Å². The third kappa shape index (κ3) is 5.50. The Morgan fingerprint density at radius 1 is 1.09 bits per heavy atom. The Balaban J connectivity index is 1.59. The third-order valence-electron chi connectivity index (χ3n) is 4.75. The zero-order valence-corrected chi connectivity index (χ0v) is 20.1. The lowest BCUT2D eigenvalue weighted by molar-refractivity contribution is -0.137. The van der Waals surface area contributed by atoms with Gasteiger partial charge in [0.05, 0.1) is 38.4 Å². The Labute approximate surface area is 206 Å². The van der Waals surface area contributed by atoms with E-state index in [-0.39, 0.29) is 26.3 Å². The van der Waals surface area contributed by atoms with Gasteiger partial charge in [-0.05, 0) is 54.6 Å². The van der Waals surface area contributed by atoms with Crippen LogP contribution in [0.4, 0.5) is 24.0 Å². The van der Waals surface area contributed by atoms with E-state index in [2.05, 4.69) is 15.0 Å². The van der Waals surface area contributed by atoms with E-state index in [0.29, 0.717) is 17.3 Å². The van der Waals surface area contributed by atoms with Crippen LogP contribution in [0.3, 0.4) is 0 Å². The number of fused-ring (bicyclic) bond motifs is 1. The molecule has 0 aliphatic rings. The van der Waals surface area contributed by atoms with Crippen LogP contribution in [0, 0.1) is 0 Å². The van der Waals surface area contributed by atoms with Crippen molar-refractivity contribution >= 4 is 59.9 Å². The largest absolute Gasteiger partial charge is 0.497 e. The number of rotatable bonds is 6. The molecule has 4 rings (SSSR count). The van der Waals surface area contributed by atoms with Crippen molar-refractivity contribution in [1.29, 1.82) is 0 Å². The molecule has 13 heteroatoms. The van der Waals surface area contributed by atoms with Crippen molar-refractivity contribution in [1.82, 2.24) is 4.98 Å². The predicted octanol–water partition coefficient (Wildman–Crippen LogP) is 6.03. The average molecular weight is 542 g/mol. The number of carbonyl (C=O) groups excluding carboxylic acids is 1. The van der Waals surface area contributed by atoms with E-state index >= 15 is 0 Å². The van der Waals surface area contributed by atoms with Crippen LogP contribution in [0.25, 0.3) is 10.2 Å². The average Bonchev–Trinajstić information content (AvgIpc) is 3.19. The van der Waals surface area contributed by atoms with Gasteiger partial charge in [0.1, 0.15) is 5.75 Å². The van der Waals surface area contributed by atoms with Gasteiger partial charge in [-0.1, -0.05) is 29.0 Å². The van der Waals surface area contributed by atoms with Gasteiger partial charge in [-0.3, -0.25) is 14.8 Å². The van der Waals surface area contributed by atoms with Crippen molar-refractivity contribution in [2.75, 3.05) is 17.1 Å². The molecule has 0 atom stereocenters. The maximum atomic E-state index is 12.9. The standard InChI is InChI=1S/C22H15ClF3N3O4S2/c1-33-14-5-8-18-19(10-14)34-21(27-18)28-20(30)16-11-15(6-7-17(16)23)35(31,32)29-13-4-2-3-12(9-13)22(24,25)26/h2-11,29H,1H3,(H,27,28,30). The monoisotopic (exact) mass is 541 g/mol. The van der Waals surface area contributed by atoms with E-state index in [1.54, 1.807) is 18.2 Å². The van der Waals surface area contributed by atoms with Crippen LogP contribution in [0.5, 0.6) is 5.75 Å². The molecule has 0 unspecified atom stereocenters. The van der Waals surface area contributed by atoms with Gasteiger partial charge in [-0.15, -0.1) is 0 Å². The van der Waals surface area contributed by atoms with Crippen molar-refractivity contribution in [3.8, 4) is 5.75 Å². The fourth-order valence-electron chi connectivity index (χ4n) is 3.07. The summed E-state index contributed by atoms with van der Waals surface area (Å²) in [7, 11) is -2.81. The first-order chi connectivity index (χ1) is 16.5. The molecule has 1 aromatic heterocycles. The number of anilines is 2. The lowest BCUT2D eigenvalue weighted by Crippen LogP contribution is -2.17. The van der Waals surface area contributed by atoms with Gasteiger partial charge in [0.25, 0.3) is 15.9 Å². The van der Waals surface area contributed by atoms with Crippen LogP contribution in [0.2, 0.25) is 5.02 Å². The van der Waals surface area contributed by atoms with Crippen molar-refractivity contribution < 1.29 is 31.1 Å². The number of benzene rings is 3. The molecule has 182 valence electrons. The number of ether oxygens (including phenoxy) is 1. The Morgan fingerprint density at radius 3 is 2.57 bits per heavy atom. The fraction of sp³-hybridized carbons (Fsp3) is 0.0909. The first kappa shape index (κ1) is 24.8. The van der Waals surface area contributed by atoms with Crippen molar-refractivity contribution in [3.05, 3.63) is 76.8 Å². The molecule has 7 nitrogen and oxygen atoms in total. The maximum Gasteiger partial charge on any atom is 0.416 e. The Bertz CT molecular complexity index is 1540. The van der Waals surface area contributed by atoms with Gasteiger partial charge in [0.2, 0.25) is 0 Å². The van der Waals surface area contributed by atoms with Crippen molar-refractivity contribution in [2.24, 2.45) is 0 Å². The smallest absolute Gasteiger partial charge is 0.416 e. The molecule has 0 fully saturated rings. The van der Waals surface area contributed by atoms with Crippen LogP contribution in [-0.2, 0) is 16.2 Å². The number of halogens is 4. The highest BCUT2D eigenvalue weighted by molar-refractivity contribution is 7.92. The summed E-state index contributed by atoms with van der Waals surface area (Å²) in [5, 5.41) is 2.81. The highest BCUT2D eigenvalue weighted by Crippen LogP contribution is 2.32. The molecule has 0 aliphatic heterocycles. The summed E-state index contributed by atoms with van der Waals surface area (Å²) in [6.45, 7) is 0. The van der Waals surface area contributed by atoms with Crippen LogP contribution in [-0.4, -0.2) is 26.4 Å². The number of carbonyl (C=O) groups is 1. The number of amides is 1. The van der Waals surface area contributed by atoms with E-state index in [9.17, 15) is 26.4 Å². The minimum absolute atomic E-state index is 0.0247. The quantitative estimate of drug-likeness (QED) is 0.310. The highest BCUT2D eigenvalue weighted by Gasteiger charge is 2.31. The van der Waals surface area contributed by atoms with E-state index in [0.717, 1.165) is 29.0 Å². The summed E-state index contributed by atoms with van der Waals surface area (Å²) < 4.78 is 72.4. The summed E-state index contributed by atoms with van der Waals surface area (Å²) in [6.07, 6.45) is -4.64. The topological polar surface area (TPSA) is 97.4 Å². The number of nitrogens with one attached hydrogen (secondary N) is 2. The summed E-state index contributed by atoms with van der Waals surface area (Å²) in [5.41, 5.74) is -0.831. The number of hydrogen-bond donors (Lipinski definition) is 2. The van der Waals surface area contributed by atoms with Crippen LogP contribution in [0.1, 0.15) is 15.9 Å². The molecule has 2 N–H and O–H groups in total. The summed E-state index contributed by atoms with van der Waals surface area (Å²) in [6, 6.07) is 12.3. The number of hydrogen-bond acceptors (Lipinski definition) is 6. The SMILES string of the molecule is COc1ccc2nc(NC(=O)c3cc(S(=O)(=O)Nc4cccc(C(F)(F)F)c4)ccc3Cl)sc2c1. The molecule has 35 heavy (non-hydrogen) atoms. The minimum atomic E-state index is -4.64. The molecule has 3 aromatic carbocycles. The molecule has 1 amide bonds. The lowest BCUT2D eigenvalue weighted by atomic mass is 10.2. The highest BCUT2D eigenvalue weighted by atomic mass is 35.5. The number of sulfonamides is 1. The molecule has 0 bridgehead atoms. The molecule has 4 aromatic rings. The number of methoxy groups -OCH3 is 1. The normalized spacial score (nSPS) is 11.9. The summed E-state index contributed by atoms with van der Waals surface area (Å²) in [4.78, 5) is 16.8. The molecular weight excluding hydrogens is 527 g/mol. The maximum absolute atomic E-state index is 12.9. The van der Waals surface area contributed by atoms with E-state index in [1.165, 1.54) is 30.6 Å². The molecule has 0 spiro atoms. The molecule has 0 saturated heterocycles.